The molecule has 0 radical (unpaired) electrons. The third-order valence-electron chi connectivity index (χ3n) is 4.20. The zero-order valence-corrected chi connectivity index (χ0v) is 16.9. The number of oxazole rings is 1. The number of rotatable bonds is 5. The zero-order valence-electron chi connectivity index (χ0n) is 16.9. The fourth-order valence-electron chi connectivity index (χ4n) is 2.70. The molecule has 0 saturated carbocycles. The zero-order chi connectivity index (χ0) is 21.0. The van der Waals surface area contributed by atoms with Gasteiger partial charge in [-0.3, -0.25) is 4.79 Å². The molecule has 2 aromatic carbocycles. The molecule has 3 amide bonds. The van der Waals surface area contributed by atoms with Crippen molar-refractivity contribution in [1.82, 2.24) is 10.3 Å². The van der Waals surface area contributed by atoms with Gasteiger partial charge >= 0.3 is 6.03 Å². The molecule has 3 rings (SSSR count). The molecule has 7 nitrogen and oxygen atoms in total. The maximum Gasteiger partial charge on any atom is 0.319 e. The SMILES string of the molecule is Cc1nc(-c2cccc(NC(=O)c3cccc(NC(=O)NC(C)C)c3)c2)oc1C. The van der Waals surface area contributed by atoms with Gasteiger partial charge < -0.3 is 20.4 Å². The van der Waals surface area contributed by atoms with E-state index < -0.39 is 0 Å². The number of carbonyl (C=O) groups is 2. The van der Waals surface area contributed by atoms with Crippen molar-refractivity contribution in [3.8, 4) is 11.5 Å². The van der Waals surface area contributed by atoms with E-state index in [9.17, 15) is 9.59 Å². The number of aryl methyl sites for hydroxylation is 2. The van der Waals surface area contributed by atoms with Crippen LogP contribution in [0.3, 0.4) is 0 Å². The second kappa shape index (κ2) is 8.60. The lowest BCUT2D eigenvalue weighted by atomic mass is 10.1. The molecule has 0 unspecified atom stereocenters. The predicted octanol–water partition coefficient (Wildman–Crippen LogP) is 4.74. The fourth-order valence-corrected chi connectivity index (χ4v) is 2.70. The first kappa shape index (κ1) is 20.1. The van der Waals surface area contributed by atoms with Crippen molar-refractivity contribution in [3.05, 3.63) is 65.5 Å². The summed E-state index contributed by atoms with van der Waals surface area (Å²) in [5.74, 6) is 0.994. The number of hydrogen-bond acceptors (Lipinski definition) is 4. The molecule has 0 aliphatic rings. The van der Waals surface area contributed by atoms with Gasteiger partial charge in [0.05, 0.1) is 5.69 Å². The molecule has 3 N–H and O–H groups in total. The van der Waals surface area contributed by atoms with Gasteiger partial charge in [-0.2, -0.15) is 0 Å². The van der Waals surface area contributed by atoms with Crippen LogP contribution in [0.4, 0.5) is 16.2 Å². The molecule has 0 atom stereocenters. The number of hydrogen-bond donors (Lipinski definition) is 3. The Hall–Kier alpha value is -3.61. The summed E-state index contributed by atoms with van der Waals surface area (Å²) in [6.45, 7) is 7.49. The summed E-state index contributed by atoms with van der Waals surface area (Å²) in [5.41, 5.74) is 3.20. The Morgan fingerprint density at radius 2 is 1.66 bits per heavy atom. The third kappa shape index (κ3) is 5.22. The van der Waals surface area contributed by atoms with E-state index in [1.165, 1.54) is 0 Å². The molecule has 0 fully saturated rings. The fraction of sp³-hybridized carbons (Fsp3) is 0.227. The number of nitrogens with one attached hydrogen (secondary N) is 3. The Labute approximate surface area is 169 Å². The van der Waals surface area contributed by atoms with Crippen LogP contribution in [0.25, 0.3) is 11.5 Å². The lowest BCUT2D eigenvalue weighted by Crippen LogP contribution is -2.34. The van der Waals surface area contributed by atoms with E-state index in [1.807, 2.05) is 39.8 Å². The lowest BCUT2D eigenvalue weighted by molar-refractivity contribution is 0.102. The monoisotopic (exact) mass is 392 g/mol. The quantitative estimate of drug-likeness (QED) is 0.584. The molecule has 0 bridgehead atoms. The molecule has 7 heteroatoms. The molecule has 29 heavy (non-hydrogen) atoms. The summed E-state index contributed by atoms with van der Waals surface area (Å²) in [4.78, 5) is 28.9. The van der Waals surface area contributed by atoms with Gasteiger partial charge in [-0.25, -0.2) is 9.78 Å². The van der Waals surface area contributed by atoms with Crippen molar-refractivity contribution in [2.75, 3.05) is 10.6 Å². The first-order valence-electron chi connectivity index (χ1n) is 9.35. The number of amides is 3. The smallest absolute Gasteiger partial charge is 0.319 e. The molecule has 1 aromatic heterocycles. The summed E-state index contributed by atoms with van der Waals surface area (Å²) in [6.07, 6.45) is 0. The maximum absolute atomic E-state index is 12.7. The van der Waals surface area contributed by atoms with Crippen LogP contribution in [0.5, 0.6) is 0 Å². The molecular formula is C22H24N4O3. The van der Waals surface area contributed by atoms with Crippen LogP contribution in [0.15, 0.2) is 52.9 Å². The second-order valence-electron chi connectivity index (χ2n) is 7.03. The molecule has 0 saturated heterocycles. The van der Waals surface area contributed by atoms with E-state index >= 15 is 0 Å². The Balaban J connectivity index is 1.73. The highest BCUT2D eigenvalue weighted by Crippen LogP contribution is 2.24. The van der Waals surface area contributed by atoms with Crippen molar-refractivity contribution in [1.29, 1.82) is 0 Å². The molecule has 0 spiro atoms. The minimum absolute atomic E-state index is 0.0185. The summed E-state index contributed by atoms with van der Waals surface area (Å²) in [6, 6.07) is 13.8. The highest BCUT2D eigenvalue weighted by Gasteiger charge is 2.12. The van der Waals surface area contributed by atoms with Crippen LogP contribution in [0, 0.1) is 13.8 Å². The summed E-state index contributed by atoms with van der Waals surface area (Å²) in [7, 11) is 0. The Morgan fingerprint density at radius 3 is 2.31 bits per heavy atom. The van der Waals surface area contributed by atoms with Crippen LogP contribution < -0.4 is 16.0 Å². The van der Waals surface area contributed by atoms with Crippen LogP contribution in [0.2, 0.25) is 0 Å². The molecule has 3 aromatic rings. The highest BCUT2D eigenvalue weighted by molar-refractivity contribution is 6.05. The topological polar surface area (TPSA) is 96.3 Å². The van der Waals surface area contributed by atoms with Gasteiger partial charge in [0.25, 0.3) is 5.91 Å². The number of carbonyl (C=O) groups excluding carboxylic acids is 2. The maximum atomic E-state index is 12.7. The molecular weight excluding hydrogens is 368 g/mol. The number of benzene rings is 2. The number of aromatic nitrogens is 1. The second-order valence-corrected chi connectivity index (χ2v) is 7.03. The normalized spacial score (nSPS) is 10.7. The Morgan fingerprint density at radius 1 is 0.966 bits per heavy atom. The summed E-state index contributed by atoms with van der Waals surface area (Å²) in [5, 5.41) is 8.33. The van der Waals surface area contributed by atoms with Gasteiger partial charge in [-0.15, -0.1) is 0 Å². The summed E-state index contributed by atoms with van der Waals surface area (Å²) >= 11 is 0. The average Bonchev–Trinajstić information content (AvgIpc) is 3.00. The van der Waals surface area contributed by atoms with E-state index in [1.54, 1.807) is 36.4 Å². The average molecular weight is 392 g/mol. The molecule has 0 aliphatic heterocycles. The largest absolute Gasteiger partial charge is 0.441 e. The van der Waals surface area contributed by atoms with Crippen molar-refractivity contribution >= 4 is 23.3 Å². The molecule has 0 aliphatic carbocycles. The van der Waals surface area contributed by atoms with Gasteiger partial charge in [0.1, 0.15) is 5.76 Å². The first-order valence-corrected chi connectivity index (χ1v) is 9.35. The number of anilines is 2. The van der Waals surface area contributed by atoms with E-state index in [0.29, 0.717) is 22.8 Å². The van der Waals surface area contributed by atoms with E-state index in [2.05, 4.69) is 20.9 Å². The van der Waals surface area contributed by atoms with Gasteiger partial charge in [0.15, 0.2) is 0 Å². The minimum Gasteiger partial charge on any atom is -0.441 e. The highest BCUT2D eigenvalue weighted by atomic mass is 16.4. The van der Waals surface area contributed by atoms with Gasteiger partial charge in [0, 0.05) is 28.5 Å². The third-order valence-corrected chi connectivity index (χ3v) is 4.20. The van der Waals surface area contributed by atoms with Crippen LogP contribution in [-0.2, 0) is 0 Å². The van der Waals surface area contributed by atoms with Crippen molar-refractivity contribution in [2.45, 2.75) is 33.7 Å². The Kier molecular flexibility index (Phi) is 5.97. The lowest BCUT2D eigenvalue weighted by Gasteiger charge is -2.11. The van der Waals surface area contributed by atoms with E-state index in [4.69, 9.17) is 4.42 Å². The van der Waals surface area contributed by atoms with Gasteiger partial charge in [0.2, 0.25) is 5.89 Å². The number of nitrogens with zero attached hydrogens (tertiary/aromatic N) is 1. The number of urea groups is 1. The van der Waals surface area contributed by atoms with Crippen molar-refractivity contribution in [3.63, 3.8) is 0 Å². The first-order chi connectivity index (χ1) is 13.8. The summed E-state index contributed by atoms with van der Waals surface area (Å²) < 4.78 is 5.66. The van der Waals surface area contributed by atoms with Gasteiger partial charge in [-0.05, 0) is 64.1 Å². The van der Waals surface area contributed by atoms with Crippen LogP contribution in [-0.4, -0.2) is 23.0 Å². The predicted molar refractivity (Wildman–Crippen MR) is 113 cm³/mol. The van der Waals surface area contributed by atoms with E-state index in [0.717, 1.165) is 17.0 Å². The van der Waals surface area contributed by atoms with Crippen LogP contribution >= 0.6 is 0 Å². The van der Waals surface area contributed by atoms with Crippen molar-refractivity contribution < 1.29 is 14.0 Å². The molecule has 1 heterocycles. The minimum atomic E-state index is -0.318. The van der Waals surface area contributed by atoms with Gasteiger partial charge in [-0.1, -0.05) is 12.1 Å². The standard InChI is InChI=1S/C22H24N4O3/c1-13(2)23-22(28)26-19-10-5-7-16(11-19)20(27)25-18-9-6-8-17(12-18)21-24-14(3)15(4)29-21/h5-13H,1-4H3,(H,25,27)(H2,23,26,28). The van der Waals surface area contributed by atoms with Crippen molar-refractivity contribution in [2.24, 2.45) is 0 Å². The Bertz CT molecular complexity index is 1020. The van der Waals surface area contributed by atoms with E-state index in [-0.39, 0.29) is 18.0 Å². The molecule has 150 valence electrons. The van der Waals surface area contributed by atoms with Crippen LogP contribution in [0.1, 0.15) is 35.7 Å².